The lowest BCUT2D eigenvalue weighted by Gasteiger charge is -2.36. The highest BCUT2D eigenvalue weighted by Crippen LogP contribution is 2.29. The van der Waals surface area contributed by atoms with Crippen molar-refractivity contribution in [2.75, 3.05) is 44.0 Å². The van der Waals surface area contributed by atoms with Crippen molar-refractivity contribution in [3.05, 3.63) is 102 Å². The van der Waals surface area contributed by atoms with E-state index in [1.54, 1.807) is 42.2 Å². The Morgan fingerprint density at radius 2 is 1.73 bits per heavy atom. The zero-order chi connectivity index (χ0) is 37.2. The number of carboxylic acid groups (broad SMARTS) is 1. The van der Waals surface area contributed by atoms with Gasteiger partial charge in [0.25, 0.3) is 5.91 Å². The number of likely N-dealkylation sites (N-methyl/N-ethyl adjacent to an activating group) is 1. The van der Waals surface area contributed by atoms with Crippen LogP contribution in [-0.2, 0) is 11.3 Å². The molecule has 4 aromatic rings. The number of fused-ring (bicyclic) bond motifs is 2. The van der Waals surface area contributed by atoms with Gasteiger partial charge in [0.15, 0.2) is 0 Å². The summed E-state index contributed by atoms with van der Waals surface area (Å²) in [6.07, 6.45) is 2.06. The lowest BCUT2D eigenvalue weighted by Crippen LogP contribution is -2.47. The monoisotopic (exact) mass is 710 g/mol. The molecule has 4 aromatic carbocycles. The fourth-order valence-electron chi connectivity index (χ4n) is 6.52. The van der Waals surface area contributed by atoms with E-state index < -0.39 is 18.0 Å². The van der Waals surface area contributed by atoms with Gasteiger partial charge in [-0.05, 0) is 87.5 Å². The normalized spacial score (nSPS) is 19.3. The predicted molar refractivity (Wildman–Crippen MR) is 203 cm³/mol. The molecule has 3 amide bonds. The minimum Gasteiger partial charge on any atom is -0.490 e. The van der Waals surface area contributed by atoms with Crippen LogP contribution in [0.1, 0.15) is 66.3 Å². The van der Waals surface area contributed by atoms with Gasteiger partial charge in [-0.1, -0.05) is 55.5 Å². The second-order valence-electron chi connectivity index (χ2n) is 13.8. The number of hydrogen-bond acceptors (Lipinski definition) is 7. The third-order valence-corrected chi connectivity index (χ3v) is 9.49. The summed E-state index contributed by atoms with van der Waals surface area (Å²) in [6.45, 7) is 7.61. The average Bonchev–Trinajstić information content (AvgIpc) is 3.13. The standard InChI is InChI=1S/C41H50N4O7/c1-27-23-45(28(2)26-46)39(47)35-22-33(42-41(50)43-36-14-9-12-31-11-5-6-13-34(31)36)19-20-37(35)52-29(3)10-7-8-21-51-38(27)25-44(4)24-30-15-17-32(18-16-30)40(48)49/h5-6,9,11-20,22,27-29,38,46H,7-8,10,21,23-26H2,1-4H3,(H,48,49)(H2,42,43,50)/t27-,28-,29+,38+/m0/s1. The van der Waals surface area contributed by atoms with Crippen LogP contribution in [0, 0.1) is 5.92 Å². The Kier molecular flexibility index (Phi) is 13.2. The molecule has 4 atom stereocenters. The molecule has 1 heterocycles. The molecule has 0 saturated heterocycles. The third kappa shape index (κ3) is 10.1. The Hall–Kier alpha value is -4.97. The second kappa shape index (κ2) is 18.0. The molecule has 5 rings (SSSR count). The second-order valence-corrected chi connectivity index (χ2v) is 13.8. The minimum absolute atomic E-state index is 0.117. The van der Waals surface area contributed by atoms with E-state index in [0.29, 0.717) is 48.9 Å². The highest BCUT2D eigenvalue weighted by molar-refractivity contribution is 6.07. The maximum atomic E-state index is 14.5. The lowest BCUT2D eigenvalue weighted by molar-refractivity contribution is -0.0177. The molecule has 0 aromatic heterocycles. The number of nitrogens with zero attached hydrogens (tertiary/aromatic N) is 2. The zero-order valence-corrected chi connectivity index (χ0v) is 30.4. The Balaban J connectivity index is 1.37. The fourth-order valence-corrected chi connectivity index (χ4v) is 6.52. The number of urea groups is 1. The summed E-state index contributed by atoms with van der Waals surface area (Å²) in [7, 11) is 1.99. The van der Waals surface area contributed by atoms with Crippen molar-refractivity contribution in [1.82, 2.24) is 9.80 Å². The number of aliphatic hydroxyl groups excluding tert-OH is 1. The maximum Gasteiger partial charge on any atom is 0.335 e. The summed E-state index contributed by atoms with van der Waals surface area (Å²) >= 11 is 0. The van der Waals surface area contributed by atoms with Crippen molar-refractivity contribution in [3.63, 3.8) is 0 Å². The number of benzene rings is 4. The van der Waals surface area contributed by atoms with Crippen LogP contribution in [0.2, 0.25) is 0 Å². The van der Waals surface area contributed by atoms with Crippen molar-refractivity contribution < 1.29 is 34.1 Å². The van der Waals surface area contributed by atoms with E-state index in [2.05, 4.69) is 15.5 Å². The van der Waals surface area contributed by atoms with Gasteiger partial charge in [0.1, 0.15) is 5.75 Å². The van der Waals surface area contributed by atoms with Crippen molar-refractivity contribution >= 4 is 40.1 Å². The van der Waals surface area contributed by atoms with Gasteiger partial charge in [0.05, 0.1) is 41.7 Å². The first kappa shape index (κ1) is 38.3. The van der Waals surface area contributed by atoms with E-state index in [-0.39, 0.29) is 36.2 Å². The van der Waals surface area contributed by atoms with Crippen molar-refractivity contribution in [1.29, 1.82) is 0 Å². The molecule has 0 aliphatic carbocycles. The number of rotatable bonds is 9. The van der Waals surface area contributed by atoms with E-state index >= 15 is 0 Å². The van der Waals surface area contributed by atoms with Gasteiger partial charge < -0.3 is 35.2 Å². The van der Waals surface area contributed by atoms with E-state index in [1.165, 1.54) is 0 Å². The predicted octanol–water partition coefficient (Wildman–Crippen LogP) is 7.11. The van der Waals surface area contributed by atoms with E-state index in [1.807, 2.05) is 75.5 Å². The molecule has 276 valence electrons. The summed E-state index contributed by atoms with van der Waals surface area (Å²) < 4.78 is 12.8. The highest BCUT2D eigenvalue weighted by atomic mass is 16.5. The summed E-state index contributed by atoms with van der Waals surface area (Å²) in [6, 6.07) is 24.5. The van der Waals surface area contributed by atoms with Crippen LogP contribution in [0.5, 0.6) is 5.75 Å². The molecule has 1 aliphatic rings. The number of amides is 3. The van der Waals surface area contributed by atoms with E-state index in [0.717, 1.165) is 35.6 Å². The van der Waals surface area contributed by atoms with Crippen LogP contribution in [0.15, 0.2) is 84.9 Å². The fraction of sp³-hybridized carbons (Fsp3) is 0.390. The topological polar surface area (TPSA) is 141 Å². The molecule has 0 radical (unpaired) electrons. The van der Waals surface area contributed by atoms with Crippen LogP contribution in [0.25, 0.3) is 10.8 Å². The first-order chi connectivity index (χ1) is 25.0. The van der Waals surface area contributed by atoms with Crippen LogP contribution in [0.3, 0.4) is 0 Å². The van der Waals surface area contributed by atoms with Crippen LogP contribution in [0.4, 0.5) is 16.2 Å². The first-order valence-corrected chi connectivity index (χ1v) is 17.9. The molecule has 0 spiro atoms. The molecule has 4 N–H and O–H groups in total. The van der Waals surface area contributed by atoms with E-state index in [4.69, 9.17) is 9.47 Å². The molecular weight excluding hydrogens is 660 g/mol. The summed E-state index contributed by atoms with van der Waals surface area (Å²) in [5.74, 6) is -0.986. The number of carbonyl (C=O) groups excluding carboxylic acids is 2. The Labute approximate surface area is 305 Å². The molecule has 11 heteroatoms. The quantitative estimate of drug-likeness (QED) is 0.144. The molecular formula is C41H50N4O7. The Bertz CT molecular complexity index is 1830. The van der Waals surface area contributed by atoms with E-state index in [9.17, 15) is 24.6 Å². The molecule has 1 aliphatic heterocycles. The molecule has 0 bridgehead atoms. The molecule has 0 unspecified atom stereocenters. The van der Waals surface area contributed by atoms with Crippen molar-refractivity contribution in [3.8, 4) is 5.75 Å². The van der Waals surface area contributed by atoms with Gasteiger partial charge in [-0.2, -0.15) is 0 Å². The van der Waals surface area contributed by atoms with Crippen LogP contribution < -0.4 is 15.4 Å². The van der Waals surface area contributed by atoms with Crippen LogP contribution in [-0.4, -0.2) is 89.5 Å². The van der Waals surface area contributed by atoms with Gasteiger partial charge in [0.2, 0.25) is 0 Å². The van der Waals surface area contributed by atoms with Crippen LogP contribution >= 0.6 is 0 Å². The van der Waals surface area contributed by atoms with Crippen molar-refractivity contribution in [2.45, 2.75) is 64.8 Å². The Morgan fingerprint density at radius 3 is 2.48 bits per heavy atom. The number of hydrogen-bond donors (Lipinski definition) is 4. The number of nitrogens with one attached hydrogen (secondary N) is 2. The SMILES string of the molecule is C[C@@H]1CCCCO[C@H](CN(C)Cc2ccc(C(=O)O)cc2)[C@@H](C)CN([C@@H](C)CO)C(=O)c2cc(NC(=O)Nc3cccc4ccccc34)ccc2O1. The molecule has 0 fully saturated rings. The van der Waals surface area contributed by atoms with Gasteiger partial charge in [-0.25, -0.2) is 9.59 Å². The first-order valence-electron chi connectivity index (χ1n) is 17.9. The smallest absolute Gasteiger partial charge is 0.335 e. The maximum absolute atomic E-state index is 14.5. The lowest BCUT2D eigenvalue weighted by atomic mass is 10.0. The largest absolute Gasteiger partial charge is 0.490 e. The van der Waals surface area contributed by atoms with Gasteiger partial charge in [0, 0.05) is 43.2 Å². The number of carboxylic acids is 1. The summed E-state index contributed by atoms with van der Waals surface area (Å²) in [5.41, 5.74) is 2.60. The summed E-state index contributed by atoms with van der Waals surface area (Å²) in [4.78, 5) is 42.8. The molecule has 52 heavy (non-hydrogen) atoms. The molecule has 11 nitrogen and oxygen atoms in total. The summed E-state index contributed by atoms with van der Waals surface area (Å²) in [5, 5.41) is 27.3. The Morgan fingerprint density at radius 1 is 0.981 bits per heavy atom. The third-order valence-electron chi connectivity index (χ3n) is 9.49. The number of aliphatic hydroxyl groups is 1. The number of aromatic carboxylic acids is 1. The minimum atomic E-state index is -0.962. The number of ether oxygens (including phenoxy) is 2. The zero-order valence-electron chi connectivity index (χ0n) is 30.4. The van der Waals surface area contributed by atoms with Gasteiger partial charge >= 0.3 is 12.0 Å². The van der Waals surface area contributed by atoms with Crippen molar-refractivity contribution in [2.24, 2.45) is 5.92 Å². The molecule has 0 saturated carbocycles. The van der Waals surface area contributed by atoms with Gasteiger partial charge in [-0.3, -0.25) is 9.69 Å². The average molecular weight is 711 g/mol. The highest BCUT2D eigenvalue weighted by Gasteiger charge is 2.30. The van der Waals surface area contributed by atoms with Gasteiger partial charge in [-0.15, -0.1) is 0 Å². The number of carbonyl (C=O) groups is 3. The number of anilines is 2.